The Morgan fingerprint density at radius 3 is 2.64 bits per heavy atom. The Morgan fingerprint density at radius 2 is 2.08 bits per heavy atom. The van der Waals surface area contributed by atoms with E-state index in [1.807, 2.05) is 4.90 Å². The van der Waals surface area contributed by atoms with Crippen molar-refractivity contribution < 1.29 is 14.4 Å². The Morgan fingerprint density at radius 1 is 1.32 bits per heavy atom. The highest BCUT2D eigenvalue weighted by molar-refractivity contribution is 6.09. The molecular formula is C15H19N7O3. The summed E-state index contributed by atoms with van der Waals surface area (Å²) in [5.41, 5.74) is 4.54. The van der Waals surface area contributed by atoms with Gasteiger partial charge in [-0.1, -0.05) is 0 Å². The lowest BCUT2D eigenvalue weighted by atomic mass is 10.0. The predicted octanol–water partition coefficient (Wildman–Crippen LogP) is -0.634. The van der Waals surface area contributed by atoms with Crippen molar-refractivity contribution in [2.45, 2.75) is 37.3 Å². The van der Waals surface area contributed by atoms with E-state index in [-0.39, 0.29) is 23.7 Å². The summed E-state index contributed by atoms with van der Waals surface area (Å²) in [6.07, 6.45) is 4.32. The molecule has 1 spiro atoms. The second kappa shape index (κ2) is 5.36. The molecule has 4 amide bonds. The fraction of sp³-hybridized carbons (Fsp3) is 0.600. The van der Waals surface area contributed by atoms with Crippen molar-refractivity contribution in [1.82, 2.24) is 25.0 Å². The quantitative estimate of drug-likeness (QED) is 0.723. The van der Waals surface area contributed by atoms with Crippen molar-refractivity contribution >= 4 is 23.8 Å². The molecule has 0 radical (unpaired) electrons. The Kier molecular flexibility index (Phi) is 3.37. The second-order valence-electron chi connectivity index (χ2n) is 6.80. The number of piperidine rings is 1. The number of urea groups is 1. The Balaban J connectivity index is 1.52. The highest BCUT2D eigenvalue weighted by atomic mass is 16.2. The zero-order chi connectivity index (χ0) is 17.8. The summed E-state index contributed by atoms with van der Waals surface area (Å²) in [5, 5.41) is 7.71. The zero-order valence-electron chi connectivity index (χ0n) is 13.9. The van der Waals surface area contributed by atoms with Crippen LogP contribution in [0.15, 0.2) is 6.20 Å². The van der Waals surface area contributed by atoms with Crippen molar-refractivity contribution in [3.8, 4) is 0 Å². The lowest BCUT2D eigenvalue weighted by molar-refractivity contribution is -0.130. The first kappa shape index (κ1) is 15.7. The molecule has 132 valence electrons. The molecule has 2 saturated heterocycles. The van der Waals surface area contributed by atoms with Crippen molar-refractivity contribution in [3.63, 3.8) is 0 Å². The molecule has 2 aliphatic heterocycles. The van der Waals surface area contributed by atoms with E-state index in [2.05, 4.69) is 15.2 Å². The number of nitrogens with zero attached hydrogens (tertiary/aromatic N) is 6. The van der Waals surface area contributed by atoms with Gasteiger partial charge < -0.3 is 15.5 Å². The summed E-state index contributed by atoms with van der Waals surface area (Å²) < 4.78 is 0. The normalized spacial score (nSPS) is 25.0. The minimum atomic E-state index is -0.686. The molecule has 4 rings (SSSR count). The first-order valence-electron chi connectivity index (χ1n) is 8.30. The summed E-state index contributed by atoms with van der Waals surface area (Å²) in [6, 6.07) is -0.437. The molecule has 1 aromatic heterocycles. The molecule has 0 bridgehead atoms. The van der Waals surface area contributed by atoms with Crippen LogP contribution < -0.4 is 10.6 Å². The van der Waals surface area contributed by atoms with Crippen molar-refractivity contribution in [1.29, 1.82) is 0 Å². The van der Waals surface area contributed by atoms with Crippen LogP contribution >= 0.6 is 0 Å². The van der Waals surface area contributed by atoms with Crippen molar-refractivity contribution in [2.75, 3.05) is 25.0 Å². The van der Waals surface area contributed by atoms with Gasteiger partial charge in [-0.2, -0.15) is 0 Å². The second-order valence-corrected chi connectivity index (χ2v) is 6.80. The topological polar surface area (TPSA) is 126 Å². The van der Waals surface area contributed by atoms with E-state index >= 15 is 0 Å². The van der Waals surface area contributed by atoms with E-state index in [1.165, 1.54) is 11.1 Å². The molecule has 1 aromatic rings. The standard InChI is InChI=1S/C15H19N7O3/c1-20-14(25)22(12(24)15(20)4-5-15)9-3-2-6-21(8-9)13-17-7-10(11(16)23)18-19-13/h7,9H,2-6,8H2,1H3,(H2,16,23)/t9-/m1/s1. The van der Waals surface area contributed by atoms with Gasteiger partial charge in [-0.3, -0.25) is 14.5 Å². The van der Waals surface area contributed by atoms with Gasteiger partial charge in [0.15, 0.2) is 5.69 Å². The van der Waals surface area contributed by atoms with Gasteiger partial charge in [-0.25, -0.2) is 9.78 Å². The number of hydrogen-bond donors (Lipinski definition) is 1. The lowest BCUT2D eigenvalue weighted by Gasteiger charge is -2.36. The first-order chi connectivity index (χ1) is 11.9. The molecule has 1 atom stereocenters. The SMILES string of the molecule is CN1C(=O)N([C@@H]2CCCN(c3ncc(C(N)=O)nn3)C2)C(=O)C12CC2. The van der Waals surface area contributed by atoms with Crippen LogP contribution in [-0.2, 0) is 4.79 Å². The first-order valence-corrected chi connectivity index (χ1v) is 8.30. The lowest BCUT2D eigenvalue weighted by Crippen LogP contribution is -2.51. The summed E-state index contributed by atoms with van der Waals surface area (Å²) in [6.45, 7) is 1.16. The Hall–Kier alpha value is -2.78. The number of nitrogens with two attached hydrogens (primary N) is 1. The third-order valence-electron chi connectivity index (χ3n) is 5.32. The summed E-state index contributed by atoms with van der Waals surface area (Å²) >= 11 is 0. The van der Waals surface area contributed by atoms with Gasteiger partial charge in [0.2, 0.25) is 5.95 Å². The number of imide groups is 1. The van der Waals surface area contributed by atoms with Gasteiger partial charge in [0.25, 0.3) is 11.8 Å². The van der Waals surface area contributed by atoms with Crippen LogP contribution in [0, 0.1) is 0 Å². The van der Waals surface area contributed by atoms with Crippen LogP contribution in [0.25, 0.3) is 0 Å². The largest absolute Gasteiger partial charge is 0.364 e. The minimum Gasteiger partial charge on any atom is -0.364 e. The number of aromatic nitrogens is 3. The molecule has 1 aliphatic carbocycles. The van der Waals surface area contributed by atoms with Gasteiger partial charge in [0.1, 0.15) is 5.54 Å². The summed E-state index contributed by atoms with van der Waals surface area (Å²) in [4.78, 5) is 45.3. The molecule has 0 aromatic carbocycles. The maximum Gasteiger partial charge on any atom is 0.327 e. The Bertz CT molecular complexity index is 746. The van der Waals surface area contributed by atoms with Crippen LogP contribution in [0.5, 0.6) is 0 Å². The molecule has 1 saturated carbocycles. The monoisotopic (exact) mass is 345 g/mol. The van der Waals surface area contributed by atoms with E-state index in [4.69, 9.17) is 5.73 Å². The maximum atomic E-state index is 12.7. The molecular weight excluding hydrogens is 326 g/mol. The molecule has 3 heterocycles. The molecule has 3 fully saturated rings. The third kappa shape index (κ3) is 2.31. The van der Waals surface area contributed by atoms with E-state index in [0.29, 0.717) is 19.0 Å². The van der Waals surface area contributed by atoms with Crippen LogP contribution in [0.4, 0.5) is 10.7 Å². The van der Waals surface area contributed by atoms with Gasteiger partial charge in [-0.05, 0) is 25.7 Å². The molecule has 25 heavy (non-hydrogen) atoms. The van der Waals surface area contributed by atoms with E-state index in [0.717, 1.165) is 25.7 Å². The number of carbonyl (C=O) groups excluding carboxylic acids is 3. The fourth-order valence-electron chi connectivity index (χ4n) is 3.66. The number of primary amides is 1. The highest BCUT2D eigenvalue weighted by Gasteiger charge is 2.64. The van der Waals surface area contributed by atoms with Crippen LogP contribution in [0.3, 0.4) is 0 Å². The smallest absolute Gasteiger partial charge is 0.327 e. The van der Waals surface area contributed by atoms with E-state index < -0.39 is 11.4 Å². The zero-order valence-corrected chi connectivity index (χ0v) is 13.9. The van der Waals surface area contributed by atoms with Gasteiger partial charge >= 0.3 is 6.03 Å². The number of hydrogen-bond acceptors (Lipinski definition) is 7. The summed E-state index contributed by atoms with van der Waals surface area (Å²) in [7, 11) is 1.70. The molecule has 10 heteroatoms. The van der Waals surface area contributed by atoms with Gasteiger partial charge in [0, 0.05) is 20.1 Å². The maximum absolute atomic E-state index is 12.7. The average molecular weight is 345 g/mol. The van der Waals surface area contributed by atoms with E-state index in [9.17, 15) is 14.4 Å². The van der Waals surface area contributed by atoms with Gasteiger partial charge in [-0.15, -0.1) is 10.2 Å². The van der Waals surface area contributed by atoms with Crippen LogP contribution in [0.2, 0.25) is 0 Å². The average Bonchev–Trinajstić information content (AvgIpc) is 3.40. The highest BCUT2D eigenvalue weighted by Crippen LogP contribution is 2.48. The Labute approximate surface area is 144 Å². The minimum absolute atomic E-state index is 0.000456. The summed E-state index contributed by atoms with van der Waals surface area (Å²) in [5.74, 6) is -0.410. The number of likely N-dealkylation sites (N-methyl/N-ethyl adjacent to an activating group) is 1. The van der Waals surface area contributed by atoms with Crippen LogP contribution in [0.1, 0.15) is 36.2 Å². The molecule has 10 nitrogen and oxygen atoms in total. The predicted molar refractivity (Wildman–Crippen MR) is 85.5 cm³/mol. The number of carbonyl (C=O) groups is 3. The third-order valence-corrected chi connectivity index (χ3v) is 5.32. The molecule has 3 aliphatic rings. The fourth-order valence-corrected chi connectivity index (χ4v) is 3.66. The van der Waals surface area contributed by atoms with Crippen molar-refractivity contribution in [3.05, 3.63) is 11.9 Å². The molecule has 0 unspecified atom stereocenters. The van der Waals surface area contributed by atoms with E-state index in [1.54, 1.807) is 11.9 Å². The number of amides is 4. The van der Waals surface area contributed by atoms with Crippen LogP contribution in [-0.4, -0.2) is 74.5 Å². The number of anilines is 1. The number of rotatable bonds is 3. The van der Waals surface area contributed by atoms with Gasteiger partial charge in [0.05, 0.1) is 12.2 Å². The molecule has 2 N–H and O–H groups in total. The van der Waals surface area contributed by atoms with Crippen molar-refractivity contribution in [2.24, 2.45) is 5.73 Å².